The molecule has 1 N–H and O–H groups in total. The normalized spacial score (nSPS) is 15.1. The number of nitrogens with one attached hydrogen (secondary N) is 1. The maximum Gasteiger partial charge on any atom is 0.298 e. The minimum atomic E-state index is -3.19. The van der Waals surface area contributed by atoms with Crippen LogP contribution in [0.15, 0.2) is 85.1 Å². The number of hydrogen-bond donors (Lipinski definition) is 1. The van der Waals surface area contributed by atoms with Crippen molar-refractivity contribution in [2.75, 3.05) is 10.2 Å². The summed E-state index contributed by atoms with van der Waals surface area (Å²) in [5.41, 5.74) is 1.10. The van der Waals surface area contributed by atoms with E-state index >= 15 is 0 Å². The van der Waals surface area contributed by atoms with E-state index < -0.39 is 17.7 Å². The monoisotopic (exact) mass is 497 g/mol. The molecule has 0 spiro atoms. The molecule has 1 aliphatic rings. The van der Waals surface area contributed by atoms with Crippen LogP contribution in [0.5, 0.6) is 0 Å². The van der Waals surface area contributed by atoms with Crippen LogP contribution in [-0.4, -0.2) is 27.6 Å². The summed E-state index contributed by atoms with van der Waals surface area (Å²) in [5, 5.41) is 16.0. The fraction of sp³-hybridized carbons (Fsp3) is 0.143. The molecule has 0 fully saturated rings. The van der Waals surface area contributed by atoms with E-state index in [0.29, 0.717) is 23.5 Å². The third-order valence-corrected chi connectivity index (χ3v) is 6.28. The van der Waals surface area contributed by atoms with Crippen LogP contribution in [0.3, 0.4) is 0 Å². The van der Waals surface area contributed by atoms with Crippen LogP contribution >= 0.6 is 0 Å². The molecule has 37 heavy (non-hydrogen) atoms. The molecule has 3 aromatic carbocycles. The maximum atomic E-state index is 15.0. The molecule has 184 valence electrons. The number of rotatable bonds is 5. The van der Waals surface area contributed by atoms with E-state index in [0.717, 1.165) is 0 Å². The van der Waals surface area contributed by atoms with E-state index in [2.05, 4.69) is 10.4 Å². The minimum absolute atomic E-state index is 0.0801. The lowest BCUT2D eigenvalue weighted by Crippen LogP contribution is -2.47. The average molecular weight is 498 g/mol. The van der Waals surface area contributed by atoms with Crippen molar-refractivity contribution in [3.8, 4) is 6.07 Å². The Morgan fingerprint density at radius 1 is 1.05 bits per heavy atom. The van der Waals surface area contributed by atoms with Crippen molar-refractivity contribution < 1.29 is 18.4 Å². The van der Waals surface area contributed by atoms with Crippen LogP contribution < -0.4 is 10.2 Å². The molecule has 7 nitrogen and oxygen atoms in total. The van der Waals surface area contributed by atoms with Gasteiger partial charge in [0.25, 0.3) is 17.7 Å². The Labute approximate surface area is 211 Å². The molecular weight excluding hydrogens is 476 g/mol. The topological polar surface area (TPSA) is 91.0 Å². The number of amides is 2. The number of hydrogen-bond acceptors (Lipinski definition) is 4. The second-order valence-corrected chi connectivity index (χ2v) is 8.75. The minimum Gasteiger partial charge on any atom is -0.322 e. The van der Waals surface area contributed by atoms with Crippen molar-refractivity contribution in [3.05, 3.63) is 113 Å². The van der Waals surface area contributed by atoms with Crippen molar-refractivity contribution in [2.45, 2.75) is 25.4 Å². The molecule has 0 aliphatic carbocycles. The summed E-state index contributed by atoms with van der Waals surface area (Å²) in [6.45, 7) is 2.14. The van der Waals surface area contributed by atoms with E-state index in [1.807, 2.05) is 13.0 Å². The van der Waals surface area contributed by atoms with Gasteiger partial charge in [-0.1, -0.05) is 48.5 Å². The van der Waals surface area contributed by atoms with Crippen LogP contribution in [-0.2, 0) is 12.5 Å². The van der Waals surface area contributed by atoms with Gasteiger partial charge in [0.05, 0.1) is 36.0 Å². The number of nitrogens with zero attached hydrogens (tertiary/aromatic N) is 4. The fourth-order valence-corrected chi connectivity index (χ4v) is 4.44. The van der Waals surface area contributed by atoms with E-state index in [4.69, 9.17) is 5.26 Å². The molecule has 1 aliphatic heterocycles. The number of nitriles is 1. The maximum absolute atomic E-state index is 15.0. The lowest BCUT2D eigenvalue weighted by atomic mass is 9.99. The summed E-state index contributed by atoms with van der Waals surface area (Å²) in [6.07, 6.45) is 1.33. The molecule has 4 aromatic rings. The third-order valence-electron chi connectivity index (χ3n) is 6.28. The zero-order valence-electron chi connectivity index (χ0n) is 19.7. The van der Waals surface area contributed by atoms with Crippen LogP contribution in [0.1, 0.15) is 44.5 Å². The van der Waals surface area contributed by atoms with Gasteiger partial charge in [0.1, 0.15) is 5.69 Å². The molecule has 2 heterocycles. The summed E-state index contributed by atoms with van der Waals surface area (Å²) < 4.78 is 31.4. The number of fused-ring (bicyclic) bond motifs is 1. The van der Waals surface area contributed by atoms with Gasteiger partial charge >= 0.3 is 0 Å². The largest absolute Gasteiger partial charge is 0.322 e. The first kappa shape index (κ1) is 23.9. The summed E-state index contributed by atoms with van der Waals surface area (Å²) in [4.78, 5) is 28.1. The number of aromatic nitrogens is 2. The molecule has 0 saturated heterocycles. The molecular formula is C28H21F2N5O2. The Hall–Kier alpha value is -4.84. The number of alkyl halides is 2. The van der Waals surface area contributed by atoms with Gasteiger partial charge in [0.2, 0.25) is 0 Å². The number of halogens is 2. The van der Waals surface area contributed by atoms with Crippen molar-refractivity contribution in [1.82, 2.24) is 9.78 Å². The molecule has 1 unspecified atom stereocenters. The predicted octanol–water partition coefficient (Wildman–Crippen LogP) is 5.20. The molecule has 9 heteroatoms. The van der Waals surface area contributed by atoms with E-state index in [9.17, 15) is 18.4 Å². The van der Waals surface area contributed by atoms with Gasteiger partial charge in [-0.15, -0.1) is 0 Å². The van der Waals surface area contributed by atoms with Gasteiger partial charge < -0.3 is 10.2 Å². The fourth-order valence-electron chi connectivity index (χ4n) is 4.44. The third kappa shape index (κ3) is 4.34. The zero-order chi connectivity index (χ0) is 26.2. The van der Waals surface area contributed by atoms with Crippen molar-refractivity contribution in [1.29, 1.82) is 5.26 Å². The molecule has 0 radical (unpaired) electrons. The average Bonchev–Trinajstić information content (AvgIpc) is 3.34. The highest BCUT2D eigenvalue weighted by Crippen LogP contribution is 2.37. The lowest BCUT2D eigenvalue weighted by molar-refractivity contribution is 0.0428. The van der Waals surface area contributed by atoms with Gasteiger partial charge in [0, 0.05) is 22.5 Å². The van der Waals surface area contributed by atoms with Crippen LogP contribution in [0.25, 0.3) is 0 Å². The highest BCUT2D eigenvalue weighted by atomic mass is 19.3. The summed E-state index contributed by atoms with van der Waals surface area (Å²) in [6, 6.07) is 21.2. The first-order chi connectivity index (χ1) is 17.8. The Balaban J connectivity index is 1.42. The molecule has 1 atom stereocenters. The summed E-state index contributed by atoms with van der Waals surface area (Å²) >= 11 is 0. The Kier molecular flexibility index (Phi) is 6.01. The zero-order valence-corrected chi connectivity index (χ0v) is 19.7. The Morgan fingerprint density at radius 2 is 1.76 bits per heavy atom. The molecule has 5 rings (SSSR count). The van der Waals surface area contributed by atoms with Gasteiger partial charge in [-0.05, 0) is 37.3 Å². The number of benzene rings is 3. The van der Waals surface area contributed by atoms with E-state index in [1.54, 1.807) is 36.4 Å². The van der Waals surface area contributed by atoms with Gasteiger partial charge in [0.15, 0.2) is 0 Å². The summed E-state index contributed by atoms with van der Waals surface area (Å²) in [5.74, 6) is -4.20. The molecule has 0 saturated carbocycles. The van der Waals surface area contributed by atoms with E-state index in [1.165, 1.54) is 58.2 Å². The SMILES string of the molecule is CC1Cn2ncc(C(=O)Nc3cccc(C#N)c3)c2C(=O)N1c1ccc(C(F)(F)c2ccccc2)cc1. The Morgan fingerprint density at radius 3 is 2.46 bits per heavy atom. The molecule has 2 amide bonds. The van der Waals surface area contributed by atoms with Gasteiger partial charge in [-0.3, -0.25) is 14.3 Å². The predicted molar refractivity (Wildman–Crippen MR) is 133 cm³/mol. The number of carbonyl (C=O) groups is 2. The smallest absolute Gasteiger partial charge is 0.298 e. The highest BCUT2D eigenvalue weighted by molar-refractivity contribution is 6.15. The molecule has 0 bridgehead atoms. The standard InChI is InChI=1S/C28H21F2N5O2/c1-18-17-34-25(24(16-32-34)26(36)33-22-9-5-6-19(14-22)15-31)27(37)35(18)23-12-10-21(11-13-23)28(29,30)20-7-3-2-4-8-20/h2-14,16,18H,17H2,1H3,(H,33,36). The second kappa shape index (κ2) is 9.32. The van der Waals surface area contributed by atoms with Crippen molar-refractivity contribution >= 4 is 23.2 Å². The number of carbonyl (C=O) groups excluding carboxylic acids is 2. The van der Waals surface area contributed by atoms with Crippen molar-refractivity contribution in [3.63, 3.8) is 0 Å². The van der Waals surface area contributed by atoms with Crippen LogP contribution in [0.2, 0.25) is 0 Å². The van der Waals surface area contributed by atoms with Gasteiger partial charge in [-0.25, -0.2) is 0 Å². The van der Waals surface area contributed by atoms with Crippen LogP contribution in [0.4, 0.5) is 20.2 Å². The first-order valence-electron chi connectivity index (χ1n) is 11.5. The lowest BCUT2D eigenvalue weighted by Gasteiger charge is -2.34. The quantitative estimate of drug-likeness (QED) is 0.411. The number of anilines is 2. The van der Waals surface area contributed by atoms with E-state index in [-0.39, 0.29) is 28.4 Å². The van der Waals surface area contributed by atoms with Crippen molar-refractivity contribution in [2.24, 2.45) is 0 Å². The van der Waals surface area contributed by atoms with Gasteiger partial charge in [-0.2, -0.15) is 19.1 Å². The Bertz CT molecular complexity index is 1520. The first-order valence-corrected chi connectivity index (χ1v) is 11.5. The second-order valence-electron chi connectivity index (χ2n) is 8.75. The summed E-state index contributed by atoms with van der Waals surface area (Å²) in [7, 11) is 0. The molecule has 1 aromatic heterocycles. The highest BCUT2D eigenvalue weighted by Gasteiger charge is 2.37. The van der Waals surface area contributed by atoms with Crippen LogP contribution in [0, 0.1) is 11.3 Å².